The Morgan fingerprint density at radius 3 is 2.70 bits per heavy atom. The molecule has 0 saturated heterocycles. The molecule has 3 N–H and O–H groups in total. The molecule has 1 atom stereocenters. The number of benzene rings is 1. The van der Waals surface area contributed by atoms with Gasteiger partial charge in [0, 0.05) is 24.0 Å². The summed E-state index contributed by atoms with van der Waals surface area (Å²) in [5.74, 6) is -0.360. The zero-order chi connectivity index (χ0) is 14.5. The maximum absolute atomic E-state index is 11.8. The van der Waals surface area contributed by atoms with Crippen LogP contribution in [0.4, 0.5) is 5.00 Å². The van der Waals surface area contributed by atoms with Crippen molar-refractivity contribution in [3.05, 3.63) is 63.0 Å². The van der Waals surface area contributed by atoms with Gasteiger partial charge in [-0.05, 0) is 5.56 Å². The first kappa shape index (κ1) is 14.2. The van der Waals surface area contributed by atoms with Crippen molar-refractivity contribution in [1.82, 2.24) is 5.32 Å². The van der Waals surface area contributed by atoms with Crippen LogP contribution in [0.5, 0.6) is 0 Å². The number of hydrogen-bond acceptors (Lipinski definition) is 5. The van der Waals surface area contributed by atoms with Crippen LogP contribution in [0.3, 0.4) is 0 Å². The number of carbonyl (C=O) groups is 1. The zero-order valence-corrected chi connectivity index (χ0v) is 11.3. The second-order valence-electron chi connectivity index (χ2n) is 4.16. The van der Waals surface area contributed by atoms with Gasteiger partial charge in [0.25, 0.3) is 5.91 Å². The number of carbonyl (C=O) groups excluding carboxylic acids is 1. The maximum Gasteiger partial charge on any atom is 0.324 e. The molecule has 1 aromatic heterocycles. The van der Waals surface area contributed by atoms with Gasteiger partial charge in [0.2, 0.25) is 0 Å². The zero-order valence-electron chi connectivity index (χ0n) is 10.5. The topological polar surface area (TPSA) is 98.3 Å². The number of nitrogens with zero attached hydrogens (tertiary/aromatic N) is 1. The Morgan fingerprint density at radius 2 is 2.10 bits per heavy atom. The summed E-state index contributed by atoms with van der Waals surface area (Å²) in [4.78, 5) is 21.9. The smallest absolute Gasteiger partial charge is 0.324 e. The number of nitro groups is 1. The molecule has 0 saturated carbocycles. The van der Waals surface area contributed by atoms with Crippen molar-refractivity contribution in [3.8, 4) is 0 Å². The lowest BCUT2D eigenvalue weighted by atomic mass is 10.1. The Morgan fingerprint density at radius 1 is 1.40 bits per heavy atom. The Kier molecular flexibility index (Phi) is 4.44. The molecule has 1 amide bonds. The van der Waals surface area contributed by atoms with E-state index in [0.717, 1.165) is 16.9 Å². The first-order valence-corrected chi connectivity index (χ1v) is 6.77. The van der Waals surface area contributed by atoms with E-state index in [-0.39, 0.29) is 29.1 Å². The second-order valence-corrected chi connectivity index (χ2v) is 5.05. The Bertz CT molecular complexity index is 612. The van der Waals surface area contributed by atoms with Gasteiger partial charge in [0.05, 0.1) is 10.5 Å². The summed E-state index contributed by atoms with van der Waals surface area (Å²) in [6, 6.07) is 10.3. The van der Waals surface area contributed by atoms with Crippen LogP contribution in [0.2, 0.25) is 0 Å². The van der Waals surface area contributed by atoms with Gasteiger partial charge in [0.15, 0.2) is 0 Å². The molecule has 7 heteroatoms. The van der Waals surface area contributed by atoms with E-state index < -0.39 is 4.92 Å². The number of thiophene rings is 1. The average Bonchev–Trinajstić information content (AvgIpc) is 2.95. The molecule has 1 aromatic carbocycles. The third-order valence-electron chi connectivity index (χ3n) is 2.74. The second kappa shape index (κ2) is 6.27. The van der Waals surface area contributed by atoms with Crippen molar-refractivity contribution < 1.29 is 9.72 Å². The molecular formula is C13H13N3O3S. The fraction of sp³-hybridized carbons (Fsp3) is 0.154. The van der Waals surface area contributed by atoms with E-state index in [1.165, 1.54) is 11.4 Å². The molecule has 0 bridgehead atoms. The summed E-state index contributed by atoms with van der Waals surface area (Å²) in [7, 11) is 0. The molecule has 1 heterocycles. The molecule has 104 valence electrons. The lowest BCUT2D eigenvalue weighted by Crippen LogP contribution is -2.31. The summed E-state index contributed by atoms with van der Waals surface area (Å²) >= 11 is 0.925. The van der Waals surface area contributed by atoms with Gasteiger partial charge in [0.1, 0.15) is 0 Å². The molecule has 0 spiro atoms. The predicted molar refractivity (Wildman–Crippen MR) is 76.7 cm³/mol. The van der Waals surface area contributed by atoms with E-state index in [0.29, 0.717) is 0 Å². The van der Waals surface area contributed by atoms with Crippen molar-refractivity contribution >= 4 is 22.2 Å². The molecular weight excluding hydrogens is 278 g/mol. The van der Waals surface area contributed by atoms with Gasteiger partial charge >= 0.3 is 5.00 Å². The van der Waals surface area contributed by atoms with Crippen LogP contribution >= 0.6 is 11.3 Å². The van der Waals surface area contributed by atoms with Crippen molar-refractivity contribution in [2.45, 2.75) is 6.04 Å². The predicted octanol–water partition coefficient (Wildman–Crippen LogP) is 2.09. The summed E-state index contributed by atoms with van der Waals surface area (Å²) in [6.07, 6.45) is 0. The molecule has 0 fully saturated rings. The average molecular weight is 291 g/mol. The number of rotatable bonds is 5. The minimum Gasteiger partial charge on any atom is -0.350 e. The highest BCUT2D eigenvalue weighted by atomic mass is 32.1. The van der Waals surface area contributed by atoms with Crippen molar-refractivity contribution in [3.63, 3.8) is 0 Å². The normalized spacial score (nSPS) is 11.8. The van der Waals surface area contributed by atoms with Gasteiger partial charge < -0.3 is 11.1 Å². The highest BCUT2D eigenvalue weighted by Crippen LogP contribution is 2.22. The first-order valence-electron chi connectivity index (χ1n) is 5.89. The third-order valence-corrected chi connectivity index (χ3v) is 3.62. The van der Waals surface area contributed by atoms with Crippen molar-refractivity contribution in [2.75, 3.05) is 6.54 Å². The Balaban J connectivity index is 1.93. The van der Waals surface area contributed by atoms with Crippen LogP contribution in [0.25, 0.3) is 0 Å². The number of amides is 1. The minimum atomic E-state index is -0.517. The van der Waals surface area contributed by atoms with Crippen molar-refractivity contribution in [2.24, 2.45) is 5.73 Å². The molecule has 0 radical (unpaired) electrons. The summed E-state index contributed by atoms with van der Waals surface area (Å²) in [6.45, 7) is 0.270. The van der Waals surface area contributed by atoms with Crippen LogP contribution in [0, 0.1) is 10.1 Å². The van der Waals surface area contributed by atoms with Crippen LogP contribution in [0.15, 0.2) is 41.8 Å². The minimum absolute atomic E-state index is 0.0532. The molecule has 2 aromatic rings. The van der Waals surface area contributed by atoms with Gasteiger partial charge in [-0.25, -0.2) is 0 Å². The summed E-state index contributed by atoms with van der Waals surface area (Å²) in [5.41, 5.74) is 7.15. The highest BCUT2D eigenvalue weighted by Gasteiger charge is 2.15. The van der Waals surface area contributed by atoms with Crippen LogP contribution in [-0.2, 0) is 0 Å². The standard InChI is InChI=1S/C13H13N3O3S/c14-11(9-4-2-1-3-5-9)7-15-13(17)10-6-12(16(18)19)20-8-10/h1-6,8,11H,7,14H2,(H,15,17). The van der Waals surface area contributed by atoms with E-state index >= 15 is 0 Å². The lowest BCUT2D eigenvalue weighted by Gasteiger charge is -2.12. The van der Waals surface area contributed by atoms with Gasteiger partial charge in [-0.3, -0.25) is 14.9 Å². The SMILES string of the molecule is NC(CNC(=O)c1csc([N+](=O)[O-])c1)c1ccccc1. The third kappa shape index (κ3) is 3.40. The van der Waals surface area contributed by atoms with Gasteiger partial charge in [-0.1, -0.05) is 41.7 Å². The van der Waals surface area contributed by atoms with Gasteiger partial charge in [-0.15, -0.1) is 0 Å². The number of nitrogens with two attached hydrogens (primary N) is 1. The maximum atomic E-state index is 11.8. The molecule has 2 rings (SSSR count). The van der Waals surface area contributed by atoms with Crippen LogP contribution in [-0.4, -0.2) is 17.4 Å². The fourth-order valence-electron chi connectivity index (χ4n) is 1.66. The largest absolute Gasteiger partial charge is 0.350 e. The quantitative estimate of drug-likeness (QED) is 0.651. The lowest BCUT2D eigenvalue weighted by molar-refractivity contribution is -0.380. The molecule has 1 unspecified atom stereocenters. The van der Waals surface area contributed by atoms with E-state index in [1.54, 1.807) is 0 Å². The number of hydrogen-bond donors (Lipinski definition) is 2. The summed E-state index contributed by atoms with van der Waals surface area (Å²) < 4.78 is 0. The van der Waals surface area contributed by atoms with E-state index in [9.17, 15) is 14.9 Å². The van der Waals surface area contributed by atoms with Crippen molar-refractivity contribution in [1.29, 1.82) is 0 Å². The van der Waals surface area contributed by atoms with E-state index in [1.807, 2.05) is 30.3 Å². The first-order chi connectivity index (χ1) is 9.58. The molecule has 0 aliphatic rings. The van der Waals surface area contributed by atoms with Crippen LogP contribution in [0.1, 0.15) is 22.0 Å². The highest BCUT2D eigenvalue weighted by molar-refractivity contribution is 7.13. The van der Waals surface area contributed by atoms with Gasteiger partial charge in [-0.2, -0.15) is 0 Å². The Hall–Kier alpha value is -2.25. The molecule has 0 aliphatic heterocycles. The van der Waals surface area contributed by atoms with E-state index in [2.05, 4.69) is 5.32 Å². The van der Waals surface area contributed by atoms with Crippen LogP contribution < -0.4 is 11.1 Å². The fourth-order valence-corrected chi connectivity index (χ4v) is 2.37. The molecule has 20 heavy (non-hydrogen) atoms. The summed E-state index contributed by atoms with van der Waals surface area (Å²) in [5, 5.41) is 14.6. The monoisotopic (exact) mass is 291 g/mol. The Labute approximate surface area is 119 Å². The number of nitrogens with one attached hydrogen (secondary N) is 1. The molecule has 6 nitrogen and oxygen atoms in total. The van der Waals surface area contributed by atoms with E-state index in [4.69, 9.17) is 5.73 Å². The molecule has 0 aliphatic carbocycles.